The van der Waals surface area contributed by atoms with Crippen LogP contribution >= 0.6 is 0 Å². The molecule has 0 aromatic heterocycles. The Kier molecular flexibility index (Phi) is 5.71. The van der Waals surface area contributed by atoms with Crippen LogP contribution in [0.1, 0.15) is 11.1 Å². The number of aryl methyl sites for hydroxylation is 1. The quantitative estimate of drug-likeness (QED) is 0.775. The molecule has 1 heterocycles. The summed E-state index contributed by atoms with van der Waals surface area (Å²) >= 11 is 0. The van der Waals surface area contributed by atoms with Crippen LogP contribution in [-0.2, 0) is 21.2 Å². The van der Waals surface area contributed by atoms with Crippen LogP contribution in [0.3, 0.4) is 0 Å². The van der Waals surface area contributed by atoms with Crippen LogP contribution in [0.2, 0.25) is 0 Å². The molecule has 1 aromatic carbocycles. The molecular formula is C16H24N2O5S. The number of piperazine rings is 1. The summed E-state index contributed by atoms with van der Waals surface area (Å²) < 4.78 is 35.1. The number of nitrogens with zero attached hydrogens (tertiary/aromatic N) is 2. The van der Waals surface area contributed by atoms with Gasteiger partial charge in [0.2, 0.25) is 15.9 Å². The lowest BCUT2D eigenvalue weighted by Crippen LogP contribution is -2.50. The van der Waals surface area contributed by atoms with Gasteiger partial charge in [0.1, 0.15) is 11.5 Å². The minimum absolute atomic E-state index is 0.0487. The van der Waals surface area contributed by atoms with Crippen LogP contribution in [0.25, 0.3) is 0 Å². The van der Waals surface area contributed by atoms with Gasteiger partial charge in [0, 0.05) is 31.7 Å². The first-order chi connectivity index (χ1) is 11.3. The monoisotopic (exact) mass is 356 g/mol. The second-order valence-corrected chi connectivity index (χ2v) is 7.84. The maximum atomic E-state index is 12.5. The molecule has 1 aromatic rings. The predicted molar refractivity (Wildman–Crippen MR) is 91.0 cm³/mol. The summed E-state index contributed by atoms with van der Waals surface area (Å²) in [6, 6.07) is 3.67. The second-order valence-electron chi connectivity index (χ2n) is 5.85. The highest BCUT2D eigenvalue weighted by Gasteiger charge is 2.26. The predicted octanol–water partition coefficient (Wildman–Crippen LogP) is 0.659. The topological polar surface area (TPSA) is 76.2 Å². The Morgan fingerprint density at radius 3 is 2.17 bits per heavy atom. The van der Waals surface area contributed by atoms with E-state index in [1.54, 1.807) is 19.1 Å². The zero-order valence-electron chi connectivity index (χ0n) is 14.5. The van der Waals surface area contributed by atoms with Gasteiger partial charge in [-0.15, -0.1) is 0 Å². The highest BCUT2D eigenvalue weighted by Crippen LogP contribution is 2.29. The minimum Gasteiger partial charge on any atom is -0.496 e. The van der Waals surface area contributed by atoms with E-state index in [-0.39, 0.29) is 12.3 Å². The van der Waals surface area contributed by atoms with E-state index in [1.165, 1.54) is 10.6 Å². The van der Waals surface area contributed by atoms with Crippen molar-refractivity contribution in [1.82, 2.24) is 9.21 Å². The minimum atomic E-state index is -3.20. The van der Waals surface area contributed by atoms with E-state index in [4.69, 9.17) is 9.47 Å². The van der Waals surface area contributed by atoms with Crippen molar-refractivity contribution in [2.75, 3.05) is 46.7 Å². The SMILES string of the molecule is COc1cc(CC(=O)N2CCN(S(C)(=O)=O)CC2)c(OC)cc1C. The summed E-state index contributed by atoms with van der Waals surface area (Å²) in [5.74, 6) is 1.31. The Labute approximate surface area is 143 Å². The summed E-state index contributed by atoms with van der Waals surface area (Å²) in [7, 11) is -0.0418. The molecule has 0 unspecified atom stereocenters. The van der Waals surface area contributed by atoms with Crippen molar-refractivity contribution in [2.45, 2.75) is 13.3 Å². The zero-order chi connectivity index (χ0) is 17.9. The Balaban J connectivity index is 2.08. The van der Waals surface area contributed by atoms with Crippen LogP contribution in [0, 0.1) is 6.92 Å². The van der Waals surface area contributed by atoms with Gasteiger partial charge in [-0.05, 0) is 24.6 Å². The molecule has 8 heteroatoms. The number of carbonyl (C=O) groups is 1. The molecule has 7 nitrogen and oxygen atoms in total. The molecule has 1 aliphatic rings. The molecule has 0 aliphatic carbocycles. The fraction of sp³-hybridized carbons (Fsp3) is 0.562. The molecule has 0 atom stereocenters. The van der Waals surface area contributed by atoms with Crippen LogP contribution in [0.15, 0.2) is 12.1 Å². The van der Waals surface area contributed by atoms with Crippen molar-refractivity contribution in [3.05, 3.63) is 23.3 Å². The summed E-state index contributed by atoms with van der Waals surface area (Å²) in [4.78, 5) is 14.2. The molecule has 134 valence electrons. The lowest BCUT2D eigenvalue weighted by Gasteiger charge is -2.33. The van der Waals surface area contributed by atoms with E-state index in [0.29, 0.717) is 37.7 Å². The Morgan fingerprint density at radius 1 is 1.08 bits per heavy atom. The van der Waals surface area contributed by atoms with Crippen molar-refractivity contribution < 1.29 is 22.7 Å². The number of benzene rings is 1. The number of ether oxygens (including phenoxy) is 2. The third-order valence-electron chi connectivity index (χ3n) is 4.20. The normalized spacial score (nSPS) is 16.1. The molecule has 0 bridgehead atoms. The maximum absolute atomic E-state index is 12.5. The Hall–Kier alpha value is -1.80. The van der Waals surface area contributed by atoms with Gasteiger partial charge in [0.05, 0.1) is 26.9 Å². The molecule has 24 heavy (non-hydrogen) atoms. The fourth-order valence-corrected chi connectivity index (χ4v) is 3.62. The molecule has 1 amide bonds. The van der Waals surface area contributed by atoms with Gasteiger partial charge < -0.3 is 14.4 Å². The lowest BCUT2D eigenvalue weighted by molar-refractivity contribution is -0.131. The summed E-state index contributed by atoms with van der Waals surface area (Å²) in [6.45, 7) is 3.38. The number of hydrogen-bond donors (Lipinski definition) is 0. The Morgan fingerprint density at radius 2 is 1.67 bits per heavy atom. The first-order valence-corrected chi connectivity index (χ1v) is 9.55. The summed E-state index contributed by atoms with van der Waals surface area (Å²) in [6.07, 6.45) is 1.38. The number of methoxy groups -OCH3 is 2. The van der Waals surface area contributed by atoms with E-state index in [2.05, 4.69) is 0 Å². The number of amides is 1. The molecule has 0 saturated carbocycles. The van der Waals surface area contributed by atoms with Crippen LogP contribution in [0.4, 0.5) is 0 Å². The van der Waals surface area contributed by atoms with Crippen molar-refractivity contribution in [3.63, 3.8) is 0 Å². The lowest BCUT2D eigenvalue weighted by atomic mass is 10.1. The van der Waals surface area contributed by atoms with Gasteiger partial charge in [-0.25, -0.2) is 8.42 Å². The average Bonchev–Trinajstić information content (AvgIpc) is 2.55. The molecule has 0 radical (unpaired) electrons. The van der Waals surface area contributed by atoms with Crippen LogP contribution < -0.4 is 9.47 Å². The largest absolute Gasteiger partial charge is 0.496 e. The molecule has 1 aliphatic heterocycles. The zero-order valence-corrected chi connectivity index (χ0v) is 15.4. The van der Waals surface area contributed by atoms with E-state index in [1.807, 2.05) is 19.1 Å². The third kappa shape index (κ3) is 4.18. The van der Waals surface area contributed by atoms with E-state index in [0.717, 1.165) is 11.1 Å². The van der Waals surface area contributed by atoms with Crippen molar-refractivity contribution in [1.29, 1.82) is 0 Å². The average molecular weight is 356 g/mol. The number of hydrogen-bond acceptors (Lipinski definition) is 5. The first kappa shape index (κ1) is 18.5. The summed E-state index contributed by atoms with van der Waals surface area (Å²) in [5, 5.41) is 0. The van der Waals surface area contributed by atoms with Gasteiger partial charge in [0.25, 0.3) is 0 Å². The second kappa shape index (κ2) is 7.40. The third-order valence-corrected chi connectivity index (χ3v) is 5.50. The Bertz CT molecular complexity index is 709. The first-order valence-electron chi connectivity index (χ1n) is 7.70. The van der Waals surface area contributed by atoms with Crippen molar-refractivity contribution >= 4 is 15.9 Å². The molecule has 1 saturated heterocycles. The fourth-order valence-electron chi connectivity index (χ4n) is 2.80. The number of carbonyl (C=O) groups excluding carboxylic acids is 1. The number of rotatable bonds is 5. The maximum Gasteiger partial charge on any atom is 0.227 e. The highest BCUT2D eigenvalue weighted by molar-refractivity contribution is 7.88. The molecule has 1 fully saturated rings. The molecule has 0 N–H and O–H groups in total. The van der Waals surface area contributed by atoms with Gasteiger partial charge >= 0.3 is 0 Å². The molecule has 2 rings (SSSR count). The highest BCUT2D eigenvalue weighted by atomic mass is 32.2. The van der Waals surface area contributed by atoms with Crippen molar-refractivity contribution in [2.24, 2.45) is 0 Å². The van der Waals surface area contributed by atoms with Crippen LogP contribution in [0.5, 0.6) is 11.5 Å². The number of sulfonamides is 1. The molecule has 0 spiro atoms. The summed E-state index contributed by atoms with van der Waals surface area (Å²) in [5.41, 5.74) is 1.70. The van der Waals surface area contributed by atoms with E-state index >= 15 is 0 Å². The molecular weight excluding hydrogens is 332 g/mol. The van der Waals surface area contributed by atoms with Gasteiger partial charge in [0.15, 0.2) is 0 Å². The van der Waals surface area contributed by atoms with E-state index in [9.17, 15) is 13.2 Å². The van der Waals surface area contributed by atoms with Crippen LogP contribution in [-0.4, -0.2) is 70.2 Å². The smallest absolute Gasteiger partial charge is 0.227 e. The van der Waals surface area contributed by atoms with Gasteiger partial charge in [-0.3, -0.25) is 4.79 Å². The van der Waals surface area contributed by atoms with Gasteiger partial charge in [-0.2, -0.15) is 4.31 Å². The van der Waals surface area contributed by atoms with Crippen molar-refractivity contribution in [3.8, 4) is 11.5 Å². The van der Waals surface area contributed by atoms with E-state index < -0.39 is 10.0 Å². The standard InChI is InChI=1S/C16H24N2O5S/c1-12-9-15(23-3)13(10-14(12)22-2)11-16(19)17-5-7-18(8-6-17)24(4,20)21/h9-10H,5-8,11H2,1-4H3. The van der Waals surface area contributed by atoms with Gasteiger partial charge in [-0.1, -0.05) is 0 Å².